The number of halogens is 3. The Balaban J connectivity index is 1.61. The number of rotatable bonds is 4. The highest BCUT2D eigenvalue weighted by Crippen LogP contribution is 2.31. The number of anilines is 1. The highest BCUT2D eigenvalue weighted by molar-refractivity contribution is 7.90. The first-order valence-electron chi connectivity index (χ1n) is 7.55. The van der Waals surface area contributed by atoms with Crippen LogP contribution in [-0.2, 0) is 16.2 Å². The van der Waals surface area contributed by atoms with Crippen molar-refractivity contribution in [2.24, 2.45) is 0 Å². The van der Waals surface area contributed by atoms with Crippen LogP contribution in [0.5, 0.6) is 0 Å². The quantitative estimate of drug-likeness (QED) is 0.905. The summed E-state index contributed by atoms with van der Waals surface area (Å²) in [6.07, 6.45) is -0.726. The van der Waals surface area contributed by atoms with Crippen LogP contribution in [0.4, 0.5) is 18.9 Å². The third-order valence-corrected chi connectivity index (χ3v) is 6.20. The lowest BCUT2D eigenvalue weighted by Gasteiger charge is -2.34. The number of pyridine rings is 1. The van der Waals surface area contributed by atoms with Crippen LogP contribution in [0.2, 0.25) is 0 Å². The van der Waals surface area contributed by atoms with Crippen molar-refractivity contribution in [3.05, 3.63) is 24.0 Å². The van der Waals surface area contributed by atoms with Gasteiger partial charge in [0.1, 0.15) is 5.69 Å². The van der Waals surface area contributed by atoms with Crippen molar-refractivity contribution < 1.29 is 21.6 Å². The minimum Gasteiger partial charge on any atom is -0.371 e. The Hall–Kier alpha value is -1.35. The summed E-state index contributed by atoms with van der Waals surface area (Å²) in [7, 11) is -3.22. The highest BCUT2D eigenvalue weighted by Gasteiger charge is 2.37. The van der Waals surface area contributed by atoms with E-state index in [1.165, 1.54) is 0 Å². The molecule has 0 atom stereocenters. The zero-order valence-electron chi connectivity index (χ0n) is 12.4. The Labute approximate surface area is 132 Å². The van der Waals surface area contributed by atoms with Gasteiger partial charge in [-0.05, 0) is 37.8 Å². The number of aromatic nitrogens is 1. The zero-order chi connectivity index (χ0) is 16.7. The standard InChI is InChI=1S/C14H18F3N3O2S/c15-14(16,17)13-9-11(3-6-18-13)20-7-4-10(5-8-20)19-23(21,22)12-1-2-12/h3,6,9-10,12,19H,1-2,4-5,7-8H2. The largest absolute Gasteiger partial charge is 0.433 e. The van der Waals surface area contributed by atoms with E-state index in [1.807, 2.05) is 4.90 Å². The maximum atomic E-state index is 12.7. The number of alkyl halides is 3. The summed E-state index contributed by atoms with van der Waals surface area (Å²) in [5.74, 6) is 0. The monoisotopic (exact) mass is 349 g/mol. The topological polar surface area (TPSA) is 62.3 Å². The van der Waals surface area contributed by atoms with Crippen LogP contribution in [-0.4, -0.2) is 37.8 Å². The van der Waals surface area contributed by atoms with Crippen LogP contribution in [0, 0.1) is 0 Å². The number of sulfonamides is 1. The van der Waals surface area contributed by atoms with Crippen LogP contribution in [0.15, 0.2) is 18.3 Å². The van der Waals surface area contributed by atoms with Gasteiger partial charge >= 0.3 is 6.18 Å². The van der Waals surface area contributed by atoms with E-state index >= 15 is 0 Å². The fraction of sp³-hybridized carbons (Fsp3) is 0.643. The van der Waals surface area contributed by atoms with E-state index < -0.39 is 21.9 Å². The predicted octanol–water partition coefficient (Wildman–Crippen LogP) is 2.15. The van der Waals surface area contributed by atoms with Gasteiger partial charge in [-0.1, -0.05) is 0 Å². The van der Waals surface area contributed by atoms with Crippen molar-refractivity contribution in [2.45, 2.75) is 43.2 Å². The minimum atomic E-state index is -4.46. The van der Waals surface area contributed by atoms with Crippen molar-refractivity contribution in [2.75, 3.05) is 18.0 Å². The Kier molecular flexibility index (Phi) is 4.26. The predicted molar refractivity (Wildman–Crippen MR) is 79.6 cm³/mol. The van der Waals surface area contributed by atoms with Crippen LogP contribution in [0.25, 0.3) is 0 Å². The lowest BCUT2D eigenvalue weighted by Crippen LogP contribution is -2.45. The fourth-order valence-electron chi connectivity index (χ4n) is 2.73. The molecule has 2 fully saturated rings. The summed E-state index contributed by atoms with van der Waals surface area (Å²) in [5, 5.41) is -0.255. The van der Waals surface area contributed by atoms with E-state index in [-0.39, 0.29) is 11.3 Å². The summed E-state index contributed by atoms with van der Waals surface area (Å²) in [6, 6.07) is 2.44. The SMILES string of the molecule is O=S(=O)(NC1CCN(c2ccnc(C(F)(F)F)c2)CC1)C1CC1. The van der Waals surface area contributed by atoms with E-state index in [9.17, 15) is 21.6 Å². The second kappa shape index (κ2) is 5.94. The second-order valence-corrected chi connectivity index (χ2v) is 8.01. The molecule has 1 aliphatic heterocycles. The molecule has 3 rings (SSSR count). The van der Waals surface area contributed by atoms with Gasteiger partial charge in [0.15, 0.2) is 0 Å². The zero-order valence-corrected chi connectivity index (χ0v) is 13.2. The van der Waals surface area contributed by atoms with Gasteiger partial charge in [0, 0.05) is 31.0 Å². The van der Waals surface area contributed by atoms with E-state index in [2.05, 4.69) is 9.71 Å². The fourth-order valence-corrected chi connectivity index (χ4v) is 4.38. The summed E-state index contributed by atoms with van der Waals surface area (Å²) in [5.41, 5.74) is -0.442. The Bertz CT molecular complexity index is 666. The second-order valence-electron chi connectivity index (χ2n) is 6.02. The van der Waals surface area contributed by atoms with E-state index in [0.717, 1.165) is 12.3 Å². The minimum absolute atomic E-state index is 0.138. The molecule has 9 heteroatoms. The molecule has 1 N–H and O–H groups in total. The maximum absolute atomic E-state index is 12.7. The number of nitrogens with one attached hydrogen (secondary N) is 1. The average Bonchev–Trinajstić information content (AvgIpc) is 3.32. The van der Waals surface area contributed by atoms with Gasteiger partial charge in [0.05, 0.1) is 5.25 Å². The van der Waals surface area contributed by atoms with Gasteiger partial charge in [-0.2, -0.15) is 13.2 Å². The van der Waals surface area contributed by atoms with Crippen LogP contribution in [0.3, 0.4) is 0 Å². The smallest absolute Gasteiger partial charge is 0.371 e. The number of nitrogens with zero attached hydrogens (tertiary/aromatic N) is 2. The number of piperidine rings is 1. The van der Waals surface area contributed by atoms with Gasteiger partial charge < -0.3 is 4.90 Å². The molecule has 0 radical (unpaired) electrons. The molecule has 1 aromatic rings. The molecular formula is C14H18F3N3O2S. The van der Waals surface area contributed by atoms with E-state index in [1.54, 1.807) is 6.07 Å². The molecule has 1 aromatic heterocycles. The molecule has 2 heterocycles. The molecule has 5 nitrogen and oxygen atoms in total. The lowest BCUT2D eigenvalue weighted by atomic mass is 10.1. The molecule has 1 saturated carbocycles. The Morgan fingerprint density at radius 1 is 1.17 bits per heavy atom. The third-order valence-electron chi connectivity index (χ3n) is 4.19. The summed E-state index contributed by atoms with van der Waals surface area (Å²) >= 11 is 0. The summed E-state index contributed by atoms with van der Waals surface area (Å²) < 4.78 is 64.7. The molecule has 0 spiro atoms. The van der Waals surface area contributed by atoms with Crippen molar-refractivity contribution in [3.8, 4) is 0 Å². The van der Waals surface area contributed by atoms with Crippen molar-refractivity contribution in [1.82, 2.24) is 9.71 Å². The molecule has 0 bridgehead atoms. The van der Waals surface area contributed by atoms with Crippen molar-refractivity contribution >= 4 is 15.7 Å². The number of hydrogen-bond acceptors (Lipinski definition) is 4. The Morgan fingerprint density at radius 2 is 1.83 bits per heavy atom. The normalized spacial score (nSPS) is 20.7. The first kappa shape index (κ1) is 16.5. The molecule has 0 amide bonds. The van der Waals surface area contributed by atoms with Gasteiger partial charge in [-0.25, -0.2) is 13.1 Å². The van der Waals surface area contributed by atoms with Crippen LogP contribution >= 0.6 is 0 Å². The van der Waals surface area contributed by atoms with Crippen molar-refractivity contribution in [3.63, 3.8) is 0 Å². The highest BCUT2D eigenvalue weighted by atomic mass is 32.2. The number of hydrogen-bond donors (Lipinski definition) is 1. The average molecular weight is 349 g/mol. The Morgan fingerprint density at radius 3 is 2.39 bits per heavy atom. The molecule has 2 aliphatic rings. The molecular weight excluding hydrogens is 331 g/mol. The van der Waals surface area contributed by atoms with Crippen molar-refractivity contribution in [1.29, 1.82) is 0 Å². The van der Waals surface area contributed by atoms with Crippen LogP contribution in [0.1, 0.15) is 31.4 Å². The maximum Gasteiger partial charge on any atom is 0.433 e. The van der Waals surface area contributed by atoms with Crippen LogP contribution < -0.4 is 9.62 Å². The van der Waals surface area contributed by atoms with Gasteiger partial charge in [-0.15, -0.1) is 0 Å². The third kappa shape index (κ3) is 3.95. The molecule has 1 saturated heterocycles. The lowest BCUT2D eigenvalue weighted by molar-refractivity contribution is -0.141. The first-order valence-corrected chi connectivity index (χ1v) is 9.10. The molecule has 0 aromatic carbocycles. The van der Waals surface area contributed by atoms with Gasteiger partial charge in [0.2, 0.25) is 10.0 Å². The van der Waals surface area contributed by atoms with E-state index in [0.29, 0.717) is 44.5 Å². The molecule has 0 unspecified atom stereocenters. The van der Waals surface area contributed by atoms with Gasteiger partial charge in [-0.3, -0.25) is 4.98 Å². The first-order chi connectivity index (χ1) is 10.8. The molecule has 128 valence electrons. The molecule has 1 aliphatic carbocycles. The summed E-state index contributed by atoms with van der Waals surface area (Å²) in [6.45, 7) is 1.03. The van der Waals surface area contributed by atoms with E-state index in [4.69, 9.17) is 0 Å². The summed E-state index contributed by atoms with van der Waals surface area (Å²) in [4.78, 5) is 5.18. The van der Waals surface area contributed by atoms with Gasteiger partial charge in [0.25, 0.3) is 0 Å². The molecule has 23 heavy (non-hydrogen) atoms.